The molecule has 0 amide bonds. The minimum atomic E-state index is -0.545. The molecule has 0 aliphatic heterocycles. The SMILES string of the molecule is C/C=C\C1=C(/C=C/F)C(c2ccccc2)(c2ccccc2)c2ccccc21. The Hall–Kier alpha value is -3.19. The smallest absolute Gasteiger partial charge is 0.0870 e. The van der Waals surface area contributed by atoms with Crippen molar-refractivity contribution >= 4 is 5.57 Å². The molecule has 0 bridgehead atoms. The molecule has 0 atom stereocenters. The molecule has 3 aromatic rings. The summed E-state index contributed by atoms with van der Waals surface area (Å²) in [6, 6.07) is 29.2. The molecule has 1 heteroatoms. The molecular formula is C26H21F. The topological polar surface area (TPSA) is 0 Å². The van der Waals surface area contributed by atoms with E-state index >= 15 is 0 Å². The molecule has 0 nitrogen and oxygen atoms in total. The van der Waals surface area contributed by atoms with Gasteiger partial charge in [0.15, 0.2) is 0 Å². The standard InChI is InChI=1S/C26H21F/c1-2-11-22-23-16-9-10-17-24(23)26(25(22)18-19-27,20-12-5-3-6-13-20)21-14-7-4-8-15-21/h2-19H,1H3/b11-2-,19-18+. The molecule has 132 valence electrons. The summed E-state index contributed by atoms with van der Waals surface area (Å²) in [4.78, 5) is 0. The van der Waals surface area contributed by atoms with Crippen LogP contribution in [-0.4, -0.2) is 0 Å². The molecule has 1 aliphatic rings. The fourth-order valence-corrected chi connectivity index (χ4v) is 4.33. The highest BCUT2D eigenvalue weighted by Crippen LogP contribution is 2.55. The van der Waals surface area contributed by atoms with Gasteiger partial charge in [-0.25, -0.2) is 4.39 Å². The first-order valence-electron chi connectivity index (χ1n) is 9.19. The van der Waals surface area contributed by atoms with Crippen LogP contribution in [0.25, 0.3) is 5.57 Å². The van der Waals surface area contributed by atoms with Crippen molar-refractivity contribution in [1.29, 1.82) is 0 Å². The van der Waals surface area contributed by atoms with Gasteiger partial charge in [-0.1, -0.05) is 97.1 Å². The van der Waals surface area contributed by atoms with Gasteiger partial charge in [0, 0.05) is 0 Å². The molecule has 0 spiro atoms. The third-order valence-electron chi connectivity index (χ3n) is 5.29. The minimum Gasteiger partial charge on any atom is -0.216 e. The van der Waals surface area contributed by atoms with Crippen molar-refractivity contribution in [2.75, 3.05) is 0 Å². The summed E-state index contributed by atoms with van der Waals surface area (Å²) < 4.78 is 13.6. The number of hydrogen-bond donors (Lipinski definition) is 0. The highest BCUT2D eigenvalue weighted by molar-refractivity contribution is 5.91. The Morgan fingerprint density at radius 3 is 1.81 bits per heavy atom. The zero-order chi connectivity index (χ0) is 18.7. The van der Waals surface area contributed by atoms with E-state index in [1.165, 1.54) is 5.56 Å². The van der Waals surface area contributed by atoms with Crippen molar-refractivity contribution in [3.8, 4) is 0 Å². The molecule has 0 aromatic heterocycles. The fourth-order valence-electron chi connectivity index (χ4n) is 4.33. The molecule has 0 heterocycles. The molecule has 0 fully saturated rings. The molecule has 3 aromatic carbocycles. The third kappa shape index (κ3) is 2.59. The lowest BCUT2D eigenvalue weighted by atomic mass is 9.67. The quantitative estimate of drug-likeness (QED) is 0.482. The van der Waals surface area contributed by atoms with E-state index in [1.807, 2.05) is 55.5 Å². The Labute approximate surface area is 160 Å². The summed E-state index contributed by atoms with van der Waals surface area (Å²) in [6.07, 6.45) is 6.38. The van der Waals surface area contributed by atoms with Gasteiger partial charge in [0.2, 0.25) is 0 Å². The molecule has 0 saturated heterocycles. The number of benzene rings is 3. The Morgan fingerprint density at radius 2 is 1.26 bits per heavy atom. The van der Waals surface area contributed by atoms with Gasteiger partial charge in [-0.2, -0.15) is 0 Å². The van der Waals surface area contributed by atoms with Crippen molar-refractivity contribution in [2.24, 2.45) is 0 Å². The van der Waals surface area contributed by atoms with Crippen molar-refractivity contribution in [3.05, 3.63) is 137 Å². The van der Waals surface area contributed by atoms with E-state index < -0.39 is 5.41 Å². The van der Waals surface area contributed by atoms with E-state index in [0.29, 0.717) is 6.33 Å². The van der Waals surface area contributed by atoms with Crippen LogP contribution in [0, 0.1) is 0 Å². The molecule has 1 aliphatic carbocycles. The average Bonchev–Trinajstić information content (AvgIpc) is 3.01. The van der Waals surface area contributed by atoms with Gasteiger partial charge in [0.25, 0.3) is 0 Å². The summed E-state index contributed by atoms with van der Waals surface area (Å²) in [7, 11) is 0. The van der Waals surface area contributed by atoms with Crippen LogP contribution < -0.4 is 0 Å². The predicted octanol–water partition coefficient (Wildman–Crippen LogP) is 6.85. The average molecular weight is 352 g/mol. The van der Waals surface area contributed by atoms with Gasteiger partial charge < -0.3 is 0 Å². The fraction of sp³-hybridized carbons (Fsp3) is 0.0769. The van der Waals surface area contributed by atoms with Crippen LogP contribution in [0.3, 0.4) is 0 Å². The zero-order valence-electron chi connectivity index (χ0n) is 15.3. The first kappa shape index (κ1) is 17.2. The van der Waals surface area contributed by atoms with Gasteiger partial charge >= 0.3 is 0 Å². The number of rotatable bonds is 4. The van der Waals surface area contributed by atoms with Crippen LogP contribution in [0.15, 0.2) is 115 Å². The van der Waals surface area contributed by atoms with E-state index in [2.05, 4.69) is 48.5 Å². The predicted molar refractivity (Wildman–Crippen MR) is 111 cm³/mol. The van der Waals surface area contributed by atoms with Crippen LogP contribution in [0.2, 0.25) is 0 Å². The van der Waals surface area contributed by atoms with Gasteiger partial charge in [0.05, 0.1) is 11.7 Å². The van der Waals surface area contributed by atoms with E-state index in [0.717, 1.165) is 27.8 Å². The normalized spacial score (nSPS) is 15.6. The summed E-state index contributed by atoms with van der Waals surface area (Å²) in [5.41, 5.74) is 6.08. The van der Waals surface area contributed by atoms with Crippen LogP contribution in [0.4, 0.5) is 4.39 Å². The summed E-state index contributed by atoms with van der Waals surface area (Å²) in [5.74, 6) is 0. The molecule has 0 saturated carbocycles. The summed E-state index contributed by atoms with van der Waals surface area (Å²) in [5, 5.41) is 0. The molecule has 0 N–H and O–H groups in total. The van der Waals surface area contributed by atoms with Gasteiger partial charge in [-0.05, 0) is 46.4 Å². The van der Waals surface area contributed by atoms with Crippen molar-refractivity contribution in [1.82, 2.24) is 0 Å². The monoisotopic (exact) mass is 352 g/mol. The maximum Gasteiger partial charge on any atom is 0.0870 e. The molecule has 4 rings (SSSR count). The Balaban J connectivity index is 2.20. The van der Waals surface area contributed by atoms with E-state index in [1.54, 1.807) is 6.08 Å². The minimum absolute atomic E-state index is 0.545. The molecular weight excluding hydrogens is 331 g/mol. The first-order valence-corrected chi connectivity index (χ1v) is 9.19. The molecule has 27 heavy (non-hydrogen) atoms. The largest absolute Gasteiger partial charge is 0.216 e. The first-order chi connectivity index (χ1) is 13.3. The van der Waals surface area contributed by atoms with E-state index in [9.17, 15) is 4.39 Å². The van der Waals surface area contributed by atoms with Crippen molar-refractivity contribution < 1.29 is 4.39 Å². The van der Waals surface area contributed by atoms with Crippen LogP contribution >= 0.6 is 0 Å². The summed E-state index contributed by atoms with van der Waals surface area (Å²) >= 11 is 0. The maximum absolute atomic E-state index is 13.6. The summed E-state index contributed by atoms with van der Waals surface area (Å²) in [6.45, 7) is 2.00. The Bertz CT molecular complexity index is 985. The van der Waals surface area contributed by atoms with E-state index in [-0.39, 0.29) is 0 Å². The lowest BCUT2D eigenvalue weighted by Crippen LogP contribution is -2.29. The van der Waals surface area contributed by atoms with Gasteiger partial charge in [-0.3, -0.25) is 0 Å². The van der Waals surface area contributed by atoms with Crippen LogP contribution in [0.5, 0.6) is 0 Å². The maximum atomic E-state index is 13.6. The van der Waals surface area contributed by atoms with Gasteiger partial charge in [-0.15, -0.1) is 0 Å². The Morgan fingerprint density at radius 1 is 0.704 bits per heavy atom. The molecule has 0 radical (unpaired) electrons. The van der Waals surface area contributed by atoms with E-state index in [4.69, 9.17) is 0 Å². The molecule has 0 unspecified atom stereocenters. The number of halogens is 1. The lowest BCUT2D eigenvalue weighted by molar-refractivity contribution is 0.708. The van der Waals surface area contributed by atoms with Gasteiger partial charge in [0.1, 0.15) is 0 Å². The van der Waals surface area contributed by atoms with Crippen molar-refractivity contribution in [3.63, 3.8) is 0 Å². The highest BCUT2D eigenvalue weighted by Gasteiger charge is 2.46. The number of hydrogen-bond acceptors (Lipinski definition) is 0. The van der Waals surface area contributed by atoms with Crippen LogP contribution in [-0.2, 0) is 5.41 Å². The second-order valence-corrected chi connectivity index (χ2v) is 6.65. The Kier molecular flexibility index (Phi) is 4.60. The number of fused-ring (bicyclic) bond motifs is 1. The highest BCUT2D eigenvalue weighted by atomic mass is 19.1. The number of allylic oxidation sites excluding steroid dienone is 5. The second-order valence-electron chi connectivity index (χ2n) is 6.65. The second kappa shape index (κ2) is 7.20. The van der Waals surface area contributed by atoms with Crippen LogP contribution in [0.1, 0.15) is 29.2 Å². The van der Waals surface area contributed by atoms with Crippen molar-refractivity contribution in [2.45, 2.75) is 12.3 Å². The third-order valence-corrected chi connectivity index (χ3v) is 5.29. The zero-order valence-corrected chi connectivity index (χ0v) is 15.3. The lowest BCUT2D eigenvalue weighted by Gasteiger charge is -2.34.